The summed E-state index contributed by atoms with van der Waals surface area (Å²) in [5, 5.41) is 11.6. The first-order valence-corrected chi connectivity index (χ1v) is 7.67. The zero-order valence-electron chi connectivity index (χ0n) is 13.0. The molecular formula is C18H16N4O2. The molecule has 0 unspecified atom stereocenters. The van der Waals surface area contributed by atoms with Crippen molar-refractivity contribution >= 4 is 11.8 Å². The van der Waals surface area contributed by atoms with E-state index in [1.807, 2.05) is 12.1 Å². The second-order valence-corrected chi connectivity index (χ2v) is 5.60. The lowest BCUT2D eigenvalue weighted by Gasteiger charge is -2.17. The zero-order chi connectivity index (χ0) is 16.9. The van der Waals surface area contributed by atoms with Crippen molar-refractivity contribution in [1.82, 2.24) is 15.2 Å². The minimum Gasteiger partial charge on any atom is -0.339 e. The Hall–Kier alpha value is -3.20. The van der Waals surface area contributed by atoms with Gasteiger partial charge in [-0.25, -0.2) is 0 Å². The molecule has 24 heavy (non-hydrogen) atoms. The first-order valence-electron chi connectivity index (χ1n) is 7.67. The summed E-state index contributed by atoms with van der Waals surface area (Å²) in [6.07, 6.45) is 2.12. The molecule has 0 aliphatic carbocycles. The van der Waals surface area contributed by atoms with Crippen LogP contribution >= 0.6 is 0 Å². The van der Waals surface area contributed by atoms with Crippen molar-refractivity contribution in [1.29, 1.82) is 5.26 Å². The number of carbonyl (C=O) groups is 2. The molecule has 1 aromatic carbocycles. The van der Waals surface area contributed by atoms with E-state index in [1.165, 1.54) is 0 Å². The minimum atomic E-state index is -0.516. The van der Waals surface area contributed by atoms with Gasteiger partial charge in [-0.15, -0.1) is 0 Å². The molecule has 1 aliphatic heterocycles. The fraction of sp³-hybridized carbons (Fsp3) is 0.222. The standard InChI is InChI=1S/C18H16N4O2/c19-11-13-4-6-14(7-5-13)12-22-10-8-16(18(22)24)21-17(23)15-3-1-2-9-20-15/h1-7,9,16H,8,10,12H2,(H,21,23)/t16-/m0/s1. The summed E-state index contributed by atoms with van der Waals surface area (Å²) in [6.45, 7) is 1.06. The Morgan fingerprint density at radius 1 is 1.29 bits per heavy atom. The fourth-order valence-corrected chi connectivity index (χ4v) is 2.66. The molecule has 0 spiro atoms. The Bertz CT molecular complexity index is 781. The summed E-state index contributed by atoms with van der Waals surface area (Å²) in [4.78, 5) is 30.2. The number of hydrogen-bond acceptors (Lipinski definition) is 4. The van der Waals surface area contributed by atoms with Gasteiger partial charge in [-0.1, -0.05) is 18.2 Å². The van der Waals surface area contributed by atoms with Gasteiger partial charge in [0.2, 0.25) is 5.91 Å². The van der Waals surface area contributed by atoms with Crippen LogP contribution in [0.3, 0.4) is 0 Å². The first-order chi connectivity index (χ1) is 11.7. The van der Waals surface area contributed by atoms with E-state index in [0.29, 0.717) is 30.8 Å². The Kier molecular flexibility index (Phi) is 4.52. The number of benzene rings is 1. The van der Waals surface area contributed by atoms with Gasteiger partial charge in [0.25, 0.3) is 5.91 Å². The normalized spacial score (nSPS) is 16.7. The predicted octanol–water partition coefficient (Wildman–Crippen LogP) is 1.48. The molecule has 6 heteroatoms. The Balaban J connectivity index is 1.60. The molecule has 1 atom stereocenters. The van der Waals surface area contributed by atoms with Gasteiger partial charge in [0.15, 0.2) is 0 Å². The molecule has 0 saturated carbocycles. The van der Waals surface area contributed by atoms with E-state index in [2.05, 4.69) is 16.4 Å². The van der Waals surface area contributed by atoms with Crippen LogP contribution in [0.25, 0.3) is 0 Å². The van der Waals surface area contributed by atoms with Crippen molar-refractivity contribution in [3.8, 4) is 6.07 Å². The summed E-state index contributed by atoms with van der Waals surface area (Å²) in [6, 6.07) is 13.8. The van der Waals surface area contributed by atoms with E-state index in [0.717, 1.165) is 5.56 Å². The molecule has 2 amide bonds. The third-order valence-corrected chi connectivity index (χ3v) is 3.96. The van der Waals surface area contributed by atoms with Gasteiger partial charge in [-0.3, -0.25) is 14.6 Å². The third kappa shape index (κ3) is 3.41. The van der Waals surface area contributed by atoms with Crippen LogP contribution in [-0.4, -0.2) is 34.3 Å². The molecule has 1 aliphatic rings. The number of carbonyl (C=O) groups excluding carboxylic acids is 2. The molecule has 6 nitrogen and oxygen atoms in total. The number of nitriles is 1. The SMILES string of the molecule is N#Cc1ccc(CN2CC[C@H](NC(=O)c3ccccn3)C2=O)cc1. The quantitative estimate of drug-likeness (QED) is 0.924. The lowest BCUT2D eigenvalue weighted by Crippen LogP contribution is -2.41. The van der Waals surface area contributed by atoms with Gasteiger partial charge in [0.05, 0.1) is 11.6 Å². The summed E-state index contributed by atoms with van der Waals surface area (Å²) in [7, 11) is 0. The van der Waals surface area contributed by atoms with Gasteiger partial charge >= 0.3 is 0 Å². The van der Waals surface area contributed by atoms with Crippen molar-refractivity contribution in [3.63, 3.8) is 0 Å². The molecule has 0 bridgehead atoms. The number of hydrogen-bond donors (Lipinski definition) is 1. The molecule has 1 saturated heterocycles. The van der Waals surface area contributed by atoms with Crippen LogP contribution in [0.5, 0.6) is 0 Å². The Labute approximate surface area is 139 Å². The van der Waals surface area contributed by atoms with Crippen LogP contribution in [-0.2, 0) is 11.3 Å². The number of amides is 2. The smallest absolute Gasteiger partial charge is 0.270 e. The third-order valence-electron chi connectivity index (χ3n) is 3.96. The average Bonchev–Trinajstić information content (AvgIpc) is 2.96. The van der Waals surface area contributed by atoms with Crippen LogP contribution < -0.4 is 5.32 Å². The molecule has 1 aromatic heterocycles. The topological polar surface area (TPSA) is 86.1 Å². The zero-order valence-corrected chi connectivity index (χ0v) is 13.0. The molecular weight excluding hydrogens is 304 g/mol. The van der Waals surface area contributed by atoms with Crippen LogP contribution in [0.2, 0.25) is 0 Å². The van der Waals surface area contributed by atoms with E-state index in [9.17, 15) is 9.59 Å². The minimum absolute atomic E-state index is 0.0939. The van der Waals surface area contributed by atoms with Crippen LogP contribution in [0.15, 0.2) is 48.7 Å². The average molecular weight is 320 g/mol. The molecule has 2 heterocycles. The van der Waals surface area contributed by atoms with Crippen LogP contribution in [0.4, 0.5) is 0 Å². The number of rotatable bonds is 4. The van der Waals surface area contributed by atoms with Crippen molar-refractivity contribution < 1.29 is 9.59 Å². The van der Waals surface area contributed by atoms with Gasteiger partial charge in [0.1, 0.15) is 11.7 Å². The molecule has 3 rings (SSSR count). The van der Waals surface area contributed by atoms with Gasteiger partial charge in [0, 0.05) is 19.3 Å². The molecule has 1 fully saturated rings. The predicted molar refractivity (Wildman–Crippen MR) is 86.7 cm³/mol. The second kappa shape index (κ2) is 6.92. The second-order valence-electron chi connectivity index (χ2n) is 5.60. The number of aromatic nitrogens is 1. The Morgan fingerprint density at radius 2 is 2.08 bits per heavy atom. The van der Waals surface area contributed by atoms with Crippen molar-refractivity contribution in [2.75, 3.05) is 6.54 Å². The van der Waals surface area contributed by atoms with E-state index in [4.69, 9.17) is 5.26 Å². The van der Waals surface area contributed by atoms with Crippen LogP contribution in [0, 0.1) is 11.3 Å². The van der Waals surface area contributed by atoms with Gasteiger partial charge < -0.3 is 10.2 Å². The largest absolute Gasteiger partial charge is 0.339 e. The molecule has 120 valence electrons. The highest BCUT2D eigenvalue weighted by molar-refractivity contribution is 5.96. The number of nitrogens with one attached hydrogen (secondary N) is 1. The Morgan fingerprint density at radius 3 is 2.75 bits per heavy atom. The van der Waals surface area contributed by atoms with Crippen molar-refractivity contribution in [2.24, 2.45) is 0 Å². The summed E-state index contributed by atoms with van der Waals surface area (Å²) in [5.41, 5.74) is 1.85. The lowest BCUT2D eigenvalue weighted by molar-refractivity contribution is -0.129. The maximum absolute atomic E-state index is 12.4. The summed E-state index contributed by atoms with van der Waals surface area (Å²) >= 11 is 0. The maximum atomic E-state index is 12.4. The molecule has 1 N–H and O–H groups in total. The van der Waals surface area contributed by atoms with E-state index in [-0.39, 0.29) is 11.8 Å². The van der Waals surface area contributed by atoms with Gasteiger partial charge in [-0.2, -0.15) is 5.26 Å². The van der Waals surface area contributed by atoms with E-state index < -0.39 is 6.04 Å². The highest BCUT2D eigenvalue weighted by Gasteiger charge is 2.32. The first kappa shape index (κ1) is 15.7. The highest BCUT2D eigenvalue weighted by Crippen LogP contribution is 2.16. The maximum Gasteiger partial charge on any atom is 0.270 e. The molecule has 0 radical (unpaired) electrons. The number of likely N-dealkylation sites (tertiary alicyclic amines) is 1. The number of pyridine rings is 1. The lowest BCUT2D eigenvalue weighted by atomic mass is 10.1. The van der Waals surface area contributed by atoms with Gasteiger partial charge in [-0.05, 0) is 36.2 Å². The molecule has 2 aromatic rings. The fourth-order valence-electron chi connectivity index (χ4n) is 2.66. The number of nitrogens with zero attached hydrogens (tertiary/aromatic N) is 3. The van der Waals surface area contributed by atoms with Crippen LogP contribution in [0.1, 0.15) is 28.0 Å². The summed E-state index contributed by atoms with van der Waals surface area (Å²) < 4.78 is 0. The van der Waals surface area contributed by atoms with E-state index >= 15 is 0 Å². The highest BCUT2D eigenvalue weighted by atomic mass is 16.2. The summed E-state index contributed by atoms with van der Waals surface area (Å²) in [5.74, 6) is -0.433. The monoisotopic (exact) mass is 320 g/mol. The van der Waals surface area contributed by atoms with Crippen molar-refractivity contribution in [3.05, 3.63) is 65.5 Å². The van der Waals surface area contributed by atoms with E-state index in [1.54, 1.807) is 41.4 Å². The van der Waals surface area contributed by atoms with Crippen molar-refractivity contribution in [2.45, 2.75) is 19.0 Å².